The van der Waals surface area contributed by atoms with Gasteiger partial charge >= 0.3 is 0 Å². The van der Waals surface area contributed by atoms with Crippen molar-refractivity contribution in [1.82, 2.24) is 5.43 Å². The van der Waals surface area contributed by atoms with Crippen molar-refractivity contribution in [2.24, 2.45) is 5.84 Å². The first-order valence-corrected chi connectivity index (χ1v) is 7.27. The maximum absolute atomic E-state index is 14.1. The van der Waals surface area contributed by atoms with Crippen molar-refractivity contribution in [1.29, 1.82) is 0 Å². The van der Waals surface area contributed by atoms with Crippen LogP contribution in [-0.2, 0) is 0 Å². The van der Waals surface area contributed by atoms with Gasteiger partial charge in [0, 0.05) is 10.3 Å². The van der Waals surface area contributed by atoms with E-state index in [1.54, 1.807) is 17.4 Å². The van der Waals surface area contributed by atoms with E-state index in [1.807, 2.05) is 30.5 Å². The number of hydrogen-bond acceptors (Lipinski definition) is 3. The number of thiophene rings is 1. The van der Waals surface area contributed by atoms with E-state index >= 15 is 0 Å². The van der Waals surface area contributed by atoms with Gasteiger partial charge in [0.2, 0.25) is 0 Å². The third-order valence-corrected chi connectivity index (χ3v) is 4.43. The first-order chi connectivity index (χ1) is 9.70. The second-order valence-corrected chi connectivity index (χ2v) is 5.73. The lowest BCUT2D eigenvalue weighted by Gasteiger charge is -2.19. The molecule has 3 aromatic rings. The standard InChI is InChI=1S/C16H15FN2S/c1-10-5-6-14(17)13(9-10)15(19-18)12-4-2-3-11-7-8-20-16(11)12/h2-9,15,19H,18H2,1H3. The zero-order valence-corrected chi connectivity index (χ0v) is 11.9. The highest BCUT2D eigenvalue weighted by molar-refractivity contribution is 7.17. The molecule has 0 spiro atoms. The summed E-state index contributed by atoms with van der Waals surface area (Å²) in [4.78, 5) is 0. The topological polar surface area (TPSA) is 38.0 Å². The van der Waals surface area contributed by atoms with Crippen molar-refractivity contribution in [2.75, 3.05) is 0 Å². The summed E-state index contributed by atoms with van der Waals surface area (Å²) in [7, 11) is 0. The number of hydrogen-bond donors (Lipinski definition) is 2. The zero-order chi connectivity index (χ0) is 14.1. The van der Waals surface area contributed by atoms with Gasteiger partial charge < -0.3 is 0 Å². The van der Waals surface area contributed by atoms with Gasteiger partial charge in [-0.2, -0.15) is 0 Å². The van der Waals surface area contributed by atoms with Gasteiger partial charge in [0.15, 0.2) is 0 Å². The van der Waals surface area contributed by atoms with Crippen molar-refractivity contribution >= 4 is 21.4 Å². The number of nitrogens with two attached hydrogens (primary N) is 1. The Morgan fingerprint density at radius 3 is 2.80 bits per heavy atom. The molecule has 1 unspecified atom stereocenters. The predicted molar refractivity (Wildman–Crippen MR) is 82.1 cm³/mol. The van der Waals surface area contributed by atoms with Gasteiger partial charge in [0.05, 0.1) is 6.04 Å². The number of halogens is 1. The van der Waals surface area contributed by atoms with E-state index in [0.29, 0.717) is 5.56 Å². The number of fused-ring (bicyclic) bond motifs is 1. The monoisotopic (exact) mass is 286 g/mol. The van der Waals surface area contributed by atoms with Gasteiger partial charge in [-0.15, -0.1) is 11.3 Å². The summed E-state index contributed by atoms with van der Waals surface area (Å²) in [6, 6.07) is 12.8. The molecule has 4 heteroatoms. The van der Waals surface area contributed by atoms with Crippen LogP contribution in [0.1, 0.15) is 22.7 Å². The molecule has 0 saturated carbocycles. The number of benzene rings is 2. The van der Waals surface area contributed by atoms with Crippen LogP contribution in [0, 0.1) is 12.7 Å². The van der Waals surface area contributed by atoms with Crippen molar-refractivity contribution in [3.05, 3.63) is 70.4 Å². The average Bonchev–Trinajstić information content (AvgIpc) is 2.92. The molecule has 1 aromatic heterocycles. The van der Waals surface area contributed by atoms with E-state index in [0.717, 1.165) is 21.2 Å². The lowest BCUT2D eigenvalue weighted by Crippen LogP contribution is -2.29. The maximum Gasteiger partial charge on any atom is 0.128 e. The van der Waals surface area contributed by atoms with Crippen LogP contribution in [0.4, 0.5) is 4.39 Å². The van der Waals surface area contributed by atoms with Gasteiger partial charge in [0.25, 0.3) is 0 Å². The Morgan fingerprint density at radius 2 is 2.00 bits per heavy atom. The molecule has 1 atom stereocenters. The smallest absolute Gasteiger partial charge is 0.128 e. The largest absolute Gasteiger partial charge is 0.271 e. The van der Waals surface area contributed by atoms with E-state index < -0.39 is 0 Å². The Labute approximate surface area is 121 Å². The molecule has 0 amide bonds. The molecule has 0 aliphatic rings. The van der Waals surface area contributed by atoms with Crippen molar-refractivity contribution in [3.8, 4) is 0 Å². The van der Waals surface area contributed by atoms with Crippen LogP contribution in [0.25, 0.3) is 10.1 Å². The summed E-state index contributed by atoms with van der Waals surface area (Å²) in [5.74, 6) is 5.46. The van der Waals surface area contributed by atoms with Crippen LogP contribution in [-0.4, -0.2) is 0 Å². The molecule has 3 rings (SSSR count). The summed E-state index contributed by atoms with van der Waals surface area (Å²) < 4.78 is 15.3. The average molecular weight is 286 g/mol. The molecular weight excluding hydrogens is 271 g/mol. The first-order valence-electron chi connectivity index (χ1n) is 6.39. The van der Waals surface area contributed by atoms with Crippen molar-refractivity contribution in [2.45, 2.75) is 13.0 Å². The quantitative estimate of drug-likeness (QED) is 0.566. The zero-order valence-electron chi connectivity index (χ0n) is 11.1. The van der Waals surface area contributed by atoms with Crippen molar-refractivity contribution in [3.63, 3.8) is 0 Å². The summed E-state index contributed by atoms with van der Waals surface area (Å²) >= 11 is 1.64. The van der Waals surface area contributed by atoms with E-state index in [9.17, 15) is 4.39 Å². The molecule has 0 bridgehead atoms. The number of nitrogens with one attached hydrogen (secondary N) is 1. The minimum absolute atomic E-state index is 0.243. The van der Waals surface area contributed by atoms with E-state index in [4.69, 9.17) is 5.84 Å². The summed E-state index contributed by atoms with van der Waals surface area (Å²) in [5, 5.41) is 3.19. The molecule has 20 heavy (non-hydrogen) atoms. The van der Waals surface area contributed by atoms with Crippen LogP contribution in [0.15, 0.2) is 47.8 Å². The first kappa shape index (κ1) is 13.2. The Kier molecular flexibility index (Phi) is 3.53. The molecule has 0 saturated heterocycles. The highest BCUT2D eigenvalue weighted by Gasteiger charge is 2.19. The van der Waals surface area contributed by atoms with Crippen LogP contribution < -0.4 is 11.3 Å². The van der Waals surface area contributed by atoms with Gasteiger partial charge in [-0.25, -0.2) is 9.82 Å². The van der Waals surface area contributed by atoms with Gasteiger partial charge in [0.1, 0.15) is 5.82 Å². The minimum Gasteiger partial charge on any atom is -0.271 e. The third kappa shape index (κ3) is 2.22. The third-order valence-electron chi connectivity index (χ3n) is 3.45. The fourth-order valence-electron chi connectivity index (χ4n) is 2.47. The van der Waals surface area contributed by atoms with E-state index in [-0.39, 0.29) is 11.9 Å². The Balaban J connectivity index is 2.19. The van der Waals surface area contributed by atoms with Gasteiger partial charge in [-0.05, 0) is 35.4 Å². The Bertz CT molecular complexity index is 751. The van der Waals surface area contributed by atoms with Crippen LogP contribution in [0.2, 0.25) is 0 Å². The molecule has 0 fully saturated rings. The van der Waals surface area contributed by atoms with E-state index in [2.05, 4.69) is 17.6 Å². The van der Waals surface area contributed by atoms with Crippen LogP contribution in [0.5, 0.6) is 0 Å². The van der Waals surface area contributed by atoms with Gasteiger partial charge in [-0.3, -0.25) is 5.84 Å². The predicted octanol–water partition coefficient (Wildman–Crippen LogP) is 3.90. The van der Waals surface area contributed by atoms with Crippen molar-refractivity contribution < 1.29 is 4.39 Å². The molecule has 0 aliphatic carbocycles. The molecule has 3 N–H and O–H groups in total. The number of rotatable bonds is 3. The van der Waals surface area contributed by atoms with Crippen LogP contribution in [0.3, 0.4) is 0 Å². The minimum atomic E-state index is -0.350. The lowest BCUT2D eigenvalue weighted by atomic mass is 9.96. The molecule has 2 nitrogen and oxygen atoms in total. The Morgan fingerprint density at radius 1 is 1.15 bits per heavy atom. The number of aryl methyl sites for hydroxylation is 1. The molecule has 1 heterocycles. The molecule has 0 radical (unpaired) electrons. The molecule has 2 aromatic carbocycles. The number of hydrazine groups is 1. The molecule has 0 aliphatic heterocycles. The Hall–Kier alpha value is -1.75. The summed E-state index contributed by atoms with van der Waals surface area (Å²) in [6.45, 7) is 1.95. The highest BCUT2D eigenvalue weighted by atomic mass is 32.1. The second-order valence-electron chi connectivity index (χ2n) is 4.81. The fourth-order valence-corrected chi connectivity index (χ4v) is 3.42. The normalized spacial score (nSPS) is 12.8. The highest BCUT2D eigenvalue weighted by Crippen LogP contribution is 2.33. The summed E-state index contributed by atoms with van der Waals surface area (Å²) in [6.07, 6.45) is 0. The van der Waals surface area contributed by atoms with Crippen LogP contribution >= 0.6 is 11.3 Å². The molecule has 102 valence electrons. The fraction of sp³-hybridized carbons (Fsp3) is 0.125. The second kappa shape index (κ2) is 5.32. The lowest BCUT2D eigenvalue weighted by molar-refractivity contribution is 0.561. The molecular formula is C16H15FN2S. The van der Waals surface area contributed by atoms with E-state index in [1.165, 1.54) is 6.07 Å². The summed E-state index contributed by atoms with van der Waals surface area (Å²) in [5.41, 5.74) is 5.35. The SMILES string of the molecule is Cc1ccc(F)c(C(NN)c2cccc3ccsc23)c1. The van der Waals surface area contributed by atoms with Gasteiger partial charge in [-0.1, -0.05) is 35.9 Å². The maximum atomic E-state index is 14.1.